The standard InChI is InChI=1S/C67H40N2O2/c1-3-15-43(16-4-1)65-56-34-36-60-64(55-21-7-10-26-59(55)69(60)48-17-5-2-6-18-48)63(56)57-40-44(33-35-58(57)68-65)41-29-31-42(32-30-41)45-37-46(49-22-13-24-53-51-19-8-11-27-61(51)70-66(49)53)39-47(38-45)50-23-14-25-54-52-20-9-12-28-62(52)71-67(50)54/h1-40H. The average molecular weight is 905 g/mol. The third kappa shape index (κ3) is 6.15. The molecule has 4 aromatic heterocycles. The maximum Gasteiger partial charge on any atom is 0.143 e. The zero-order chi connectivity index (χ0) is 46.6. The number of fused-ring (bicyclic) bond motifs is 13. The highest BCUT2D eigenvalue weighted by molar-refractivity contribution is 6.30. The second-order valence-electron chi connectivity index (χ2n) is 18.6. The van der Waals surface area contributed by atoms with E-state index in [2.05, 4.69) is 223 Å². The number of hydrogen-bond acceptors (Lipinski definition) is 3. The predicted molar refractivity (Wildman–Crippen MR) is 295 cm³/mol. The van der Waals surface area contributed by atoms with Crippen molar-refractivity contribution in [3.05, 3.63) is 243 Å². The van der Waals surface area contributed by atoms with Crippen LogP contribution in [0.25, 0.3) is 149 Å². The molecule has 0 radical (unpaired) electrons. The summed E-state index contributed by atoms with van der Waals surface area (Å²) >= 11 is 0. The molecule has 0 aliphatic rings. The van der Waals surface area contributed by atoms with Crippen LogP contribution in [0, 0.1) is 0 Å². The van der Waals surface area contributed by atoms with Crippen molar-refractivity contribution in [3.8, 4) is 61.5 Å². The lowest BCUT2D eigenvalue weighted by molar-refractivity contribution is 0.670. The van der Waals surface area contributed by atoms with E-state index >= 15 is 0 Å². The largest absolute Gasteiger partial charge is 0.455 e. The zero-order valence-electron chi connectivity index (χ0n) is 38.3. The predicted octanol–water partition coefficient (Wildman–Crippen LogP) is 18.6. The van der Waals surface area contributed by atoms with Crippen LogP contribution in [0.4, 0.5) is 0 Å². The van der Waals surface area contributed by atoms with Crippen molar-refractivity contribution in [2.24, 2.45) is 0 Å². The topological polar surface area (TPSA) is 44.1 Å². The number of para-hydroxylation sites is 6. The van der Waals surface area contributed by atoms with Crippen molar-refractivity contribution in [1.29, 1.82) is 0 Å². The summed E-state index contributed by atoms with van der Waals surface area (Å²) in [6.07, 6.45) is 0. The summed E-state index contributed by atoms with van der Waals surface area (Å²) in [5.74, 6) is 0. The SMILES string of the molecule is c1ccc(-c2nc3ccc(-c4ccc(-c5cc(-c6cccc7c6oc6ccccc67)cc(-c6cccc7c6oc6ccccc67)c5)cc4)cc3c3c2ccc2c3c3ccccc3n2-c2ccccc2)cc1. The van der Waals surface area contributed by atoms with E-state index in [4.69, 9.17) is 13.8 Å². The van der Waals surface area contributed by atoms with Crippen LogP contribution >= 0.6 is 0 Å². The van der Waals surface area contributed by atoms with Crippen LogP contribution in [0.1, 0.15) is 0 Å². The lowest BCUT2D eigenvalue weighted by atomic mass is 9.91. The van der Waals surface area contributed by atoms with E-state index in [1.54, 1.807) is 0 Å². The lowest BCUT2D eigenvalue weighted by Gasteiger charge is -2.14. The van der Waals surface area contributed by atoms with Crippen LogP contribution < -0.4 is 0 Å². The van der Waals surface area contributed by atoms with Gasteiger partial charge in [0.1, 0.15) is 22.3 Å². The summed E-state index contributed by atoms with van der Waals surface area (Å²) in [6.45, 7) is 0. The third-order valence-corrected chi connectivity index (χ3v) is 14.6. The van der Waals surface area contributed by atoms with Crippen LogP contribution in [0.15, 0.2) is 251 Å². The van der Waals surface area contributed by atoms with Crippen molar-refractivity contribution in [2.75, 3.05) is 0 Å². The second kappa shape index (κ2) is 15.5. The van der Waals surface area contributed by atoms with E-state index in [9.17, 15) is 0 Å². The maximum atomic E-state index is 6.63. The Morgan fingerprint density at radius 3 is 1.49 bits per heavy atom. The molecular weight excluding hydrogens is 865 g/mol. The molecule has 0 spiro atoms. The van der Waals surface area contributed by atoms with Crippen molar-refractivity contribution in [2.45, 2.75) is 0 Å². The van der Waals surface area contributed by atoms with E-state index in [-0.39, 0.29) is 0 Å². The number of aromatic nitrogens is 2. The minimum atomic E-state index is 0.880. The molecule has 15 rings (SSSR count). The summed E-state index contributed by atoms with van der Waals surface area (Å²) in [7, 11) is 0. The Labute approximate surface area is 407 Å². The molecule has 0 N–H and O–H groups in total. The maximum absolute atomic E-state index is 6.63. The first-order chi connectivity index (χ1) is 35.2. The smallest absolute Gasteiger partial charge is 0.143 e. The van der Waals surface area contributed by atoms with Gasteiger partial charge in [-0.05, 0) is 100 Å². The molecule has 0 saturated heterocycles. The molecule has 0 aliphatic heterocycles. The van der Waals surface area contributed by atoms with Crippen molar-refractivity contribution in [3.63, 3.8) is 0 Å². The van der Waals surface area contributed by atoms with Crippen LogP contribution in [0.2, 0.25) is 0 Å². The van der Waals surface area contributed by atoms with Crippen molar-refractivity contribution >= 4 is 87.4 Å². The summed E-state index contributed by atoms with van der Waals surface area (Å²) in [4.78, 5) is 5.42. The van der Waals surface area contributed by atoms with Gasteiger partial charge in [0.25, 0.3) is 0 Å². The summed E-state index contributed by atoms with van der Waals surface area (Å²) in [5, 5.41) is 10.3. The van der Waals surface area contributed by atoms with Crippen LogP contribution in [-0.2, 0) is 0 Å². The molecule has 0 saturated carbocycles. The first-order valence-electron chi connectivity index (χ1n) is 24.2. The molecule has 0 atom stereocenters. The molecule has 0 aliphatic carbocycles. The Balaban J connectivity index is 0.915. The Morgan fingerprint density at radius 2 is 0.831 bits per heavy atom. The molecule has 330 valence electrons. The highest BCUT2D eigenvalue weighted by Crippen LogP contribution is 2.45. The van der Waals surface area contributed by atoms with Gasteiger partial charge in [-0.2, -0.15) is 0 Å². The van der Waals surface area contributed by atoms with Gasteiger partial charge < -0.3 is 13.4 Å². The molecule has 0 amide bonds. The van der Waals surface area contributed by atoms with Gasteiger partial charge in [0.05, 0.1) is 22.2 Å². The number of hydrogen-bond donors (Lipinski definition) is 0. The van der Waals surface area contributed by atoms with E-state index in [0.717, 1.165) is 122 Å². The Bertz CT molecular complexity index is 4480. The molecule has 11 aromatic carbocycles. The van der Waals surface area contributed by atoms with Crippen LogP contribution in [0.3, 0.4) is 0 Å². The fraction of sp³-hybridized carbons (Fsp3) is 0. The Morgan fingerprint density at radius 1 is 0.296 bits per heavy atom. The van der Waals surface area contributed by atoms with Gasteiger partial charge in [-0.25, -0.2) is 4.98 Å². The Hall–Kier alpha value is -9.51. The quantitative estimate of drug-likeness (QED) is 0.156. The number of pyridine rings is 1. The van der Waals surface area contributed by atoms with Gasteiger partial charge >= 0.3 is 0 Å². The lowest BCUT2D eigenvalue weighted by Crippen LogP contribution is -1.94. The fourth-order valence-electron chi connectivity index (χ4n) is 11.3. The van der Waals surface area contributed by atoms with Crippen molar-refractivity contribution < 1.29 is 8.83 Å². The summed E-state index contributed by atoms with van der Waals surface area (Å²) in [5.41, 5.74) is 18.8. The highest BCUT2D eigenvalue weighted by atomic mass is 16.3. The minimum absolute atomic E-state index is 0.880. The molecular formula is C67H40N2O2. The van der Waals surface area contributed by atoms with Gasteiger partial charge in [-0.1, -0.05) is 176 Å². The minimum Gasteiger partial charge on any atom is -0.455 e. The van der Waals surface area contributed by atoms with Gasteiger partial charge in [-0.3, -0.25) is 0 Å². The number of nitrogens with zero attached hydrogens (tertiary/aromatic N) is 2. The fourth-order valence-corrected chi connectivity index (χ4v) is 11.3. The van der Waals surface area contributed by atoms with E-state index < -0.39 is 0 Å². The molecule has 15 aromatic rings. The highest BCUT2D eigenvalue weighted by Gasteiger charge is 2.21. The van der Waals surface area contributed by atoms with E-state index in [1.165, 1.54) is 27.2 Å². The summed E-state index contributed by atoms with van der Waals surface area (Å²) in [6, 6.07) is 86.8. The normalized spacial score (nSPS) is 11.9. The molecule has 4 heteroatoms. The van der Waals surface area contributed by atoms with Gasteiger partial charge in [0.2, 0.25) is 0 Å². The van der Waals surface area contributed by atoms with Gasteiger partial charge in [0.15, 0.2) is 0 Å². The molecule has 0 unspecified atom stereocenters. The van der Waals surface area contributed by atoms with E-state index in [1.807, 2.05) is 24.3 Å². The number of rotatable bonds is 6. The molecule has 4 nitrogen and oxygen atoms in total. The van der Waals surface area contributed by atoms with Crippen LogP contribution in [0.5, 0.6) is 0 Å². The molecule has 0 fully saturated rings. The van der Waals surface area contributed by atoms with Gasteiger partial charge in [0, 0.05) is 70.9 Å². The van der Waals surface area contributed by atoms with Crippen LogP contribution in [-0.4, -0.2) is 9.55 Å². The molecule has 0 bridgehead atoms. The zero-order valence-corrected chi connectivity index (χ0v) is 38.3. The molecule has 71 heavy (non-hydrogen) atoms. The average Bonchev–Trinajstić information content (AvgIpc) is 4.13. The van der Waals surface area contributed by atoms with Gasteiger partial charge in [-0.15, -0.1) is 0 Å². The van der Waals surface area contributed by atoms with Crippen molar-refractivity contribution in [1.82, 2.24) is 9.55 Å². The third-order valence-electron chi connectivity index (χ3n) is 14.6. The van der Waals surface area contributed by atoms with E-state index in [0.29, 0.717) is 0 Å². The first kappa shape index (κ1) is 39.5. The Kier molecular flexibility index (Phi) is 8.62. The first-order valence-corrected chi connectivity index (χ1v) is 24.2. The number of furan rings is 2. The number of benzene rings is 11. The molecule has 4 heterocycles. The summed E-state index contributed by atoms with van der Waals surface area (Å²) < 4.78 is 15.7. The monoisotopic (exact) mass is 904 g/mol. The second-order valence-corrected chi connectivity index (χ2v) is 18.6.